The van der Waals surface area contributed by atoms with Gasteiger partial charge in [0.15, 0.2) is 6.61 Å². The zero-order chi connectivity index (χ0) is 21.0. The number of hydrogen-bond acceptors (Lipinski definition) is 7. The summed E-state index contributed by atoms with van der Waals surface area (Å²) >= 11 is 0. The van der Waals surface area contributed by atoms with Gasteiger partial charge in [-0.05, 0) is 36.8 Å². The minimum Gasteiger partial charge on any atom is -0.497 e. The lowest BCUT2D eigenvalue weighted by molar-refractivity contribution is 0.0474. The highest BCUT2D eigenvalue weighted by Gasteiger charge is 2.29. The van der Waals surface area contributed by atoms with Crippen molar-refractivity contribution in [2.45, 2.75) is 6.42 Å². The summed E-state index contributed by atoms with van der Waals surface area (Å²) in [6.45, 7) is -0.107. The molecule has 154 valence electrons. The summed E-state index contributed by atoms with van der Waals surface area (Å²) in [5.41, 5.74) is 0.831. The number of esters is 1. The molecule has 0 aromatic heterocycles. The van der Waals surface area contributed by atoms with Crippen LogP contribution in [0.4, 0.5) is 5.69 Å². The van der Waals surface area contributed by atoms with Crippen molar-refractivity contribution in [3.8, 4) is 11.5 Å². The van der Waals surface area contributed by atoms with E-state index in [2.05, 4.69) is 0 Å². The average molecular weight is 419 g/mol. The number of ether oxygens (including phenoxy) is 3. The summed E-state index contributed by atoms with van der Waals surface area (Å²) in [4.78, 5) is 24.8. The van der Waals surface area contributed by atoms with E-state index in [9.17, 15) is 18.0 Å². The Balaban J connectivity index is 1.70. The standard InChI is InChI=1S/C20H21NO7S/c1-26-16-7-8-17(19(12-16)27-2)18(22)13-28-20(23)14-5-3-6-15(11-14)21-9-4-10-29(21,24)25/h3,5-8,11-12H,4,9-10,13H2,1-2H3. The van der Waals surface area contributed by atoms with Gasteiger partial charge in [-0.3, -0.25) is 9.10 Å². The van der Waals surface area contributed by atoms with E-state index in [0.29, 0.717) is 30.2 Å². The summed E-state index contributed by atoms with van der Waals surface area (Å²) in [5.74, 6) is -0.226. The van der Waals surface area contributed by atoms with Gasteiger partial charge in [0.1, 0.15) is 11.5 Å². The van der Waals surface area contributed by atoms with E-state index in [-0.39, 0.29) is 16.9 Å². The summed E-state index contributed by atoms with van der Waals surface area (Å²) in [6, 6.07) is 10.9. The molecular formula is C20H21NO7S. The van der Waals surface area contributed by atoms with Crippen LogP contribution in [0.15, 0.2) is 42.5 Å². The first kappa shape index (κ1) is 20.7. The van der Waals surface area contributed by atoms with Crippen LogP contribution < -0.4 is 13.8 Å². The van der Waals surface area contributed by atoms with E-state index in [0.717, 1.165) is 0 Å². The van der Waals surface area contributed by atoms with Crippen LogP contribution in [0.1, 0.15) is 27.1 Å². The molecule has 3 rings (SSSR count). The Hall–Kier alpha value is -3.07. The van der Waals surface area contributed by atoms with Crippen LogP contribution >= 0.6 is 0 Å². The Bertz CT molecular complexity index is 1030. The third-order valence-electron chi connectivity index (χ3n) is 4.51. The first-order valence-corrected chi connectivity index (χ1v) is 10.5. The third kappa shape index (κ3) is 4.51. The Morgan fingerprint density at radius 1 is 1.07 bits per heavy atom. The van der Waals surface area contributed by atoms with Gasteiger partial charge in [0.05, 0.1) is 36.8 Å². The molecule has 0 N–H and O–H groups in total. The van der Waals surface area contributed by atoms with Crippen molar-refractivity contribution in [3.05, 3.63) is 53.6 Å². The van der Waals surface area contributed by atoms with Gasteiger partial charge in [0.2, 0.25) is 15.8 Å². The number of ketones is 1. The van der Waals surface area contributed by atoms with Crippen molar-refractivity contribution >= 4 is 27.5 Å². The summed E-state index contributed by atoms with van der Waals surface area (Å²) in [5, 5.41) is 0. The molecule has 29 heavy (non-hydrogen) atoms. The molecule has 2 aromatic rings. The minimum atomic E-state index is -3.35. The van der Waals surface area contributed by atoms with Crippen LogP contribution in [0.25, 0.3) is 0 Å². The largest absolute Gasteiger partial charge is 0.497 e. The van der Waals surface area contributed by atoms with Crippen LogP contribution in [0.2, 0.25) is 0 Å². The molecule has 0 amide bonds. The summed E-state index contributed by atoms with van der Waals surface area (Å²) in [6.07, 6.45) is 0.537. The lowest BCUT2D eigenvalue weighted by Gasteiger charge is -2.17. The quantitative estimate of drug-likeness (QED) is 0.501. The molecule has 1 fully saturated rings. The predicted molar refractivity (Wildman–Crippen MR) is 106 cm³/mol. The Morgan fingerprint density at radius 2 is 1.86 bits per heavy atom. The number of carbonyl (C=O) groups is 2. The van der Waals surface area contributed by atoms with E-state index in [1.807, 2.05) is 0 Å². The van der Waals surface area contributed by atoms with Crippen molar-refractivity contribution in [2.24, 2.45) is 0 Å². The number of sulfonamides is 1. The van der Waals surface area contributed by atoms with Gasteiger partial charge in [0.25, 0.3) is 0 Å². The maximum atomic E-state index is 12.4. The molecule has 1 heterocycles. The van der Waals surface area contributed by atoms with Crippen LogP contribution in [0, 0.1) is 0 Å². The van der Waals surface area contributed by atoms with Crippen molar-refractivity contribution in [2.75, 3.05) is 37.4 Å². The van der Waals surface area contributed by atoms with Gasteiger partial charge in [-0.2, -0.15) is 0 Å². The monoisotopic (exact) mass is 419 g/mol. The van der Waals surface area contributed by atoms with Gasteiger partial charge in [-0.25, -0.2) is 13.2 Å². The molecule has 0 saturated carbocycles. The topological polar surface area (TPSA) is 99.2 Å². The molecule has 0 unspecified atom stereocenters. The maximum absolute atomic E-state index is 12.4. The molecule has 0 bridgehead atoms. The van der Waals surface area contributed by atoms with Crippen molar-refractivity contribution in [1.29, 1.82) is 0 Å². The third-order valence-corrected chi connectivity index (χ3v) is 6.38. The number of anilines is 1. The number of nitrogens with zero attached hydrogens (tertiary/aromatic N) is 1. The number of benzene rings is 2. The second kappa shape index (κ2) is 8.52. The van der Waals surface area contributed by atoms with Crippen LogP contribution in [0.3, 0.4) is 0 Å². The normalized spacial score (nSPS) is 15.0. The fraction of sp³-hybridized carbons (Fsp3) is 0.300. The lowest BCUT2D eigenvalue weighted by atomic mass is 10.1. The Kier molecular flexibility index (Phi) is 6.07. The highest BCUT2D eigenvalue weighted by Crippen LogP contribution is 2.26. The number of methoxy groups -OCH3 is 2. The first-order valence-electron chi connectivity index (χ1n) is 8.88. The van der Waals surface area contributed by atoms with Gasteiger partial charge < -0.3 is 14.2 Å². The van der Waals surface area contributed by atoms with Crippen molar-refractivity contribution < 1.29 is 32.2 Å². The molecule has 1 aliphatic heterocycles. The van der Waals surface area contributed by atoms with Gasteiger partial charge in [-0.15, -0.1) is 0 Å². The lowest BCUT2D eigenvalue weighted by Crippen LogP contribution is -2.25. The molecule has 0 radical (unpaired) electrons. The van der Waals surface area contributed by atoms with Crippen LogP contribution in [0.5, 0.6) is 11.5 Å². The van der Waals surface area contributed by atoms with E-state index < -0.39 is 28.4 Å². The SMILES string of the molecule is COc1ccc(C(=O)COC(=O)c2cccc(N3CCCS3(=O)=O)c2)c(OC)c1. The zero-order valence-corrected chi connectivity index (χ0v) is 16.9. The maximum Gasteiger partial charge on any atom is 0.338 e. The number of hydrogen-bond donors (Lipinski definition) is 0. The molecule has 0 aliphatic carbocycles. The molecular weight excluding hydrogens is 398 g/mol. The zero-order valence-electron chi connectivity index (χ0n) is 16.1. The van der Waals surface area contributed by atoms with E-state index >= 15 is 0 Å². The number of carbonyl (C=O) groups excluding carboxylic acids is 2. The molecule has 0 spiro atoms. The molecule has 0 atom stereocenters. The molecule has 1 saturated heterocycles. The molecule has 8 nitrogen and oxygen atoms in total. The smallest absolute Gasteiger partial charge is 0.338 e. The predicted octanol–water partition coefficient (Wildman–Crippen LogP) is 2.28. The van der Waals surface area contributed by atoms with Crippen LogP contribution in [-0.4, -0.2) is 53.3 Å². The highest BCUT2D eigenvalue weighted by atomic mass is 32.2. The molecule has 2 aromatic carbocycles. The summed E-state index contributed by atoms with van der Waals surface area (Å²) in [7, 11) is -0.429. The fourth-order valence-electron chi connectivity index (χ4n) is 3.04. The van der Waals surface area contributed by atoms with Crippen LogP contribution in [-0.2, 0) is 14.8 Å². The van der Waals surface area contributed by atoms with Gasteiger partial charge >= 0.3 is 5.97 Å². The number of rotatable bonds is 7. The van der Waals surface area contributed by atoms with Crippen molar-refractivity contribution in [3.63, 3.8) is 0 Å². The second-order valence-corrected chi connectivity index (χ2v) is 8.37. The minimum absolute atomic E-state index is 0.0832. The number of Topliss-reactive ketones (excluding diaryl/α,β-unsaturated/α-hetero) is 1. The first-order chi connectivity index (χ1) is 13.9. The average Bonchev–Trinajstić information content (AvgIpc) is 3.10. The second-order valence-electron chi connectivity index (χ2n) is 6.36. The summed E-state index contributed by atoms with van der Waals surface area (Å²) < 4.78 is 40.8. The molecule has 9 heteroatoms. The Morgan fingerprint density at radius 3 is 2.52 bits per heavy atom. The van der Waals surface area contributed by atoms with E-state index in [1.165, 1.54) is 36.7 Å². The van der Waals surface area contributed by atoms with E-state index in [1.54, 1.807) is 24.3 Å². The van der Waals surface area contributed by atoms with Crippen molar-refractivity contribution in [1.82, 2.24) is 0 Å². The van der Waals surface area contributed by atoms with Gasteiger partial charge in [0, 0.05) is 12.6 Å². The van der Waals surface area contributed by atoms with Gasteiger partial charge in [-0.1, -0.05) is 6.07 Å². The fourth-order valence-corrected chi connectivity index (χ4v) is 4.59. The van der Waals surface area contributed by atoms with E-state index in [4.69, 9.17) is 14.2 Å². The highest BCUT2D eigenvalue weighted by molar-refractivity contribution is 7.93. The molecule has 1 aliphatic rings. The Labute approximate surface area is 169 Å².